The molecule has 0 saturated carbocycles. The zero-order valence-corrected chi connectivity index (χ0v) is 30.4. The fourth-order valence-electron chi connectivity index (χ4n) is 9.36. The summed E-state index contributed by atoms with van der Waals surface area (Å²) in [6.07, 6.45) is 0. The number of para-hydroxylation sites is 3. The van der Waals surface area contributed by atoms with E-state index in [1.165, 1.54) is 70.9 Å². The molecule has 0 atom stereocenters. The second-order valence-electron chi connectivity index (χ2n) is 14.8. The van der Waals surface area contributed by atoms with Crippen molar-refractivity contribution < 1.29 is 4.42 Å². The van der Waals surface area contributed by atoms with E-state index in [1.807, 2.05) is 0 Å². The summed E-state index contributed by atoms with van der Waals surface area (Å²) in [4.78, 5) is 0. The van der Waals surface area contributed by atoms with E-state index in [9.17, 15) is 0 Å². The second-order valence-corrected chi connectivity index (χ2v) is 14.8. The van der Waals surface area contributed by atoms with Crippen molar-refractivity contribution in [2.45, 2.75) is 0 Å². The number of furan rings is 1. The van der Waals surface area contributed by atoms with Crippen molar-refractivity contribution in [3.63, 3.8) is 0 Å². The van der Waals surface area contributed by atoms with Crippen LogP contribution in [0.3, 0.4) is 0 Å². The van der Waals surface area contributed by atoms with Crippen LogP contribution in [0.4, 0.5) is 0 Å². The van der Waals surface area contributed by atoms with Gasteiger partial charge in [-0.3, -0.25) is 0 Å². The highest BCUT2D eigenvalue weighted by Crippen LogP contribution is 2.47. The zero-order chi connectivity index (χ0) is 36.7. The summed E-state index contributed by atoms with van der Waals surface area (Å²) in [5.41, 5.74) is 12.4. The summed E-state index contributed by atoms with van der Waals surface area (Å²) in [6, 6.07) is 72.8. The van der Waals surface area contributed by atoms with Gasteiger partial charge in [0, 0.05) is 21.5 Å². The molecule has 0 amide bonds. The van der Waals surface area contributed by atoms with Crippen molar-refractivity contribution in [2.75, 3.05) is 0 Å². The Balaban J connectivity index is 1.20. The SMILES string of the molecule is c1ccc(-c2c3ccccc3c(-c3cc(-c4cc(-n5c6ccccc6c6ccccc65)c5oc6ccccc6c5c4)c4ccccc4c3)c3ccccc23)cc1. The molecular formula is C54H33NO. The Morgan fingerprint density at radius 2 is 0.821 bits per heavy atom. The Kier molecular flexibility index (Phi) is 6.66. The molecule has 0 spiro atoms. The van der Waals surface area contributed by atoms with Crippen LogP contribution in [-0.2, 0) is 0 Å². The van der Waals surface area contributed by atoms with Crippen molar-refractivity contribution in [2.24, 2.45) is 0 Å². The quantitative estimate of drug-likeness (QED) is 0.166. The maximum Gasteiger partial charge on any atom is 0.159 e. The van der Waals surface area contributed by atoms with Crippen molar-refractivity contribution >= 4 is 76.1 Å². The first-order valence-electron chi connectivity index (χ1n) is 19.3. The first-order valence-corrected chi connectivity index (χ1v) is 19.3. The van der Waals surface area contributed by atoms with Gasteiger partial charge in [0.25, 0.3) is 0 Å². The molecule has 0 unspecified atom stereocenters. The molecular weight excluding hydrogens is 679 g/mol. The van der Waals surface area contributed by atoms with Crippen LogP contribution in [0.2, 0.25) is 0 Å². The monoisotopic (exact) mass is 711 g/mol. The molecule has 260 valence electrons. The normalized spacial score (nSPS) is 11.9. The van der Waals surface area contributed by atoms with Crippen LogP contribution in [0.1, 0.15) is 0 Å². The van der Waals surface area contributed by atoms with E-state index in [2.05, 4.69) is 205 Å². The van der Waals surface area contributed by atoms with Gasteiger partial charge in [-0.25, -0.2) is 0 Å². The predicted molar refractivity (Wildman–Crippen MR) is 237 cm³/mol. The van der Waals surface area contributed by atoms with Crippen LogP contribution >= 0.6 is 0 Å². The third-order valence-corrected chi connectivity index (χ3v) is 11.7. The molecule has 0 aliphatic carbocycles. The van der Waals surface area contributed by atoms with Crippen LogP contribution in [0.5, 0.6) is 0 Å². The fourth-order valence-corrected chi connectivity index (χ4v) is 9.36. The molecule has 0 radical (unpaired) electrons. The van der Waals surface area contributed by atoms with Gasteiger partial charge in [-0.2, -0.15) is 0 Å². The highest BCUT2D eigenvalue weighted by molar-refractivity contribution is 6.22. The van der Waals surface area contributed by atoms with Crippen LogP contribution in [-0.4, -0.2) is 4.57 Å². The van der Waals surface area contributed by atoms with Gasteiger partial charge in [0.05, 0.1) is 16.7 Å². The number of aromatic nitrogens is 1. The van der Waals surface area contributed by atoms with Gasteiger partial charge in [0.15, 0.2) is 5.58 Å². The van der Waals surface area contributed by atoms with E-state index >= 15 is 0 Å². The highest BCUT2D eigenvalue weighted by atomic mass is 16.3. The van der Waals surface area contributed by atoms with Gasteiger partial charge in [0.2, 0.25) is 0 Å². The number of hydrogen-bond donors (Lipinski definition) is 0. The number of rotatable bonds is 4. The molecule has 0 bridgehead atoms. The average molecular weight is 712 g/mol. The molecule has 0 aliphatic rings. The van der Waals surface area contributed by atoms with E-state index in [0.29, 0.717) is 0 Å². The largest absolute Gasteiger partial charge is 0.454 e. The van der Waals surface area contributed by atoms with Gasteiger partial charge < -0.3 is 8.98 Å². The summed E-state index contributed by atoms with van der Waals surface area (Å²) in [5, 5.41) is 12.1. The van der Waals surface area contributed by atoms with Gasteiger partial charge in [-0.15, -0.1) is 0 Å². The standard InChI is InChI=1S/C54H33NO/c1-2-16-34(17-3-1)52-42-23-6-8-25-44(42)53(45-26-9-7-24-43(45)52)37-30-35-18-4-5-19-38(35)46(32-37)36-31-47-41-22-12-15-29-51(41)56-54(47)50(33-36)55-48-27-13-10-20-39(48)40-21-11-14-28-49(40)55/h1-33H. The summed E-state index contributed by atoms with van der Waals surface area (Å²) in [6.45, 7) is 0. The molecule has 56 heavy (non-hydrogen) atoms. The average Bonchev–Trinajstić information content (AvgIpc) is 3.81. The molecule has 2 aromatic heterocycles. The maximum absolute atomic E-state index is 6.80. The molecule has 2 heteroatoms. The van der Waals surface area contributed by atoms with E-state index in [1.54, 1.807) is 0 Å². The van der Waals surface area contributed by atoms with E-state index in [4.69, 9.17) is 4.42 Å². The predicted octanol–water partition coefficient (Wildman–Crippen LogP) is 15.1. The van der Waals surface area contributed by atoms with E-state index < -0.39 is 0 Å². The highest BCUT2D eigenvalue weighted by Gasteiger charge is 2.22. The molecule has 2 heterocycles. The minimum absolute atomic E-state index is 0.885. The minimum atomic E-state index is 0.885. The molecule has 12 aromatic rings. The van der Waals surface area contributed by atoms with Crippen LogP contribution < -0.4 is 0 Å². The molecule has 0 N–H and O–H groups in total. The number of benzene rings is 10. The lowest BCUT2D eigenvalue weighted by atomic mass is 9.84. The topological polar surface area (TPSA) is 18.1 Å². The lowest BCUT2D eigenvalue weighted by Gasteiger charge is -2.19. The fraction of sp³-hybridized carbons (Fsp3) is 0. The zero-order valence-electron chi connectivity index (χ0n) is 30.4. The third kappa shape index (κ3) is 4.50. The summed E-state index contributed by atoms with van der Waals surface area (Å²) >= 11 is 0. The Labute approximate surface area is 323 Å². The molecule has 2 nitrogen and oxygen atoms in total. The Hall–Kier alpha value is -7.42. The number of fused-ring (bicyclic) bond motifs is 9. The second kappa shape index (κ2) is 12.0. The minimum Gasteiger partial charge on any atom is -0.454 e. The van der Waals surface area contributed by atoms with Crippen molar-refractivity contribution in [1.82, 2.24) is 4.57 Å². The van der Waals surface area contributed by atoms with Crippen molar-refractivity contribution in [3.05, 3.63) is 200 Å². The molecule has 0 saturated heterocycles. The van der Waals surface area contributed by atoms with Crippen LogP contribution in [0.25, 0.3) is 115 Å². The van der Waals surface area contributed by atoms with E-state index in [0.717, 1.165) is 44.2 Å². The summed E-state index contributed by atoms with van der Waals surface area (Å²) in [7, 11) is 0. The Morgan fingerprint density at radius 1 is 0.321 bits per heavy atom. The smallest absolute Gasteiger partial charge is 0.159 e. The Morgan fingerprint density at radius 3 is 1.46 bits per heavy atom. The molecule has 0 aliphatic heterocycles. The lowest BCUT2D eigenvalue weighted by Crippen LogP contribution is -1.96. The van der Waals surface area contributed by atoms with Crippen LogP contribution in [0.15, 0.2) is 205 Å². The van der Waals surface area contributed by atoms with Gasteiger partial charge >= 0.3 is 0 Å². The van der Waals surface area contributed by atoms with Gasteiger partial charge in [0.1, 0.15) is 5.58 Å². The maximum atomic E-state index is 6.80. The lowest BCUT2D eigenvalue weighted by molar-refractivity contribution is 0.666. The first kappa shape index (κ1) is 31.0. The summed E-state index contributed by atoms with van der Waals surface area (Å²) < 4.78 is 9.20. The number of hydrogen-bond acceptors (Lipinski definition) is 1. The van der Waals surface area contributed by atoms with Crippen molar-refractivity contribution in [3.8, 4) is 39.1 Å². The van der Waals surface area contributed by atoms with Crippen LogP contribution in [0, 0.1) is 0 Å². The molecule has 0 fully saturated rings. The summed E-state index contributed by atoms with van der Waals surface area (Å²) in [5.74, 6) is 0. The Bertz CT molecular complexity index is 3420. The first-order chi connectivity index (χ1) is 27.8. The van der Waals surface area contributed by atoms with Crippen molar-refractivity contribution in [1.29, 1.82) is 0 Å². The third-order valence-electron chi connectivity index (χ3n) is 11.7. The van der Waals surface area contributed by atoms with Gasteiger partial charge in [-0.05, 0) is 108 Å². The van der Waals surface area contributed by atoms with Gasteiger partial charge in [-0.1, -0.05) is 158 Å². The van der Waals surface area contributed by atoms with E-state index in [-0.39, 0.29) is 0 Å². The molecule has 12 rings (SSSR count). The number of nitrogens with zero attached hydrogens (tertiary/aromatic N) is 1. The molecule has 10 aromatic carbocycles.